The van der Waals surface area contributed by atoms with Crippen molar-refractivity contribution in [3.8, 4) is 22.7 Å². The third-order valence-electron chi connectivity index (χ3n) is 5.80. The zero-order chi connectivity index (χ0) is 24.2. The fraction of sp³-hybridized carbons (Fsp3) is 0.148. The largest absolute Gasteiger partial charge is 0.497 e. The van der Waals surface area contributed by atoms with E-state index in [-0.39, 0.29) is 11.7 Å². The van der Waals surface area contributed by atoms with E-state index in [4.69, 9.17) is 21.4 Å². The second-order valence-electron chi connectivity index (χ2n) is 8.12. The third-order valence-corrected chi connectivity index (χ3v) is 7.69. The lowest BCUT2D eigenvalue weighted by atomic mass is 9.98. The molecule has 2 unspecified atom stereocenters. The predicted molar refractivity (Wildman–Crippen MR) is 142 cm³/mol. The van der Waals surface area contributed by atoms with E-state index in [0.29, 0.717) is 16.5 Å². The monoisotopic (exact) mass is 502 g/mol. The first-order chi connectivity index (χ1) is 17.1. The number of Topliss-reactive ketones (excluding diaryl/α,β-unsaturated/α-hetero) is 1. The molecule has 176 valence electrons. The molecule has 0 spiro atoms. The van der Waals surface area contributed by atoms with Crippen molar-refractivity contribution in [1.82, 2.24) is 9.78 Å². The number of carbonyl (C=O) groups excluding carboxylic acids is 1. The molecule has 0 bridgehead atoms. The SMILES string of the molecule is COc1ccc(-c2nn(-c3cccc(Cl)c3)cc2/C=N/N=S2\CC(=O)C(c3ccccc3)C2)cc1. The highest BCUT2D eigenvalue weighted by atomic mass is 35.5. The van der Waals surface area contributed by atoms with E-state index in [1.165, 1.54) is 0 Å². The molecule has 1 saturated heterocycles. The average Bonchev–Trinajstić information content (AvgIpc) is 3.48. The molecule has 3 aromatic carbocycles. The first-order valence-corrected chi connectivity index (χ1v) is 13.0. The molecule has 1 aromatic heterocycles. The van der Waals surface area contributed by atoms with E-state index in [1.54, 1.807) is 18.0 Å². The Morgan fingerprint density at radius 2 is 1.89 bits per heavy atom. The summed E-state index contributed by atoms with van der Waals surface area (Å²) < 4.78 is 11.6. The normalized spacial score (nSPS) is 17.9. The summed E-state index contributed by atoms with van der Waals surface area (Å²) in [6.07, 6.45) is 3.61. The lowest BCUT2D eigenvalue weighted by Gasteiger charge is -2.05. The zero-order valence-electron chi connectivity index (χ0n) is 19.0. The van der Waals surface area contributed by atoms with Crippen molar-refractivity contribution in [2.24, 2.45) is 9.57 Å². The maximum atomic E-state index is 12.6. The predicted octanol–water partition coefficient (Wildman–Crippen LogP) is 5.70. The molecule has 1 fully saturated rings. The molecule has 2 atom stereocenters. The van der Waals surface area contributed by atoms with Crippen LogP contribution in [-0.4, -0.2) is 40.4 Å². The smallest absolute Gasteiger partial charge is 0.152 e. The molecule has 8 heteroatoms. The van der Waals surface area contributed by atoms with Gasteiger partial charge in [0.05, 0.1) is 30.7 Å². The van der Waals surface area contributed by atoms with Crippen LogP contribution in [0, 0.1) is 0 Å². The molecule has 35 heavy (non-hydrogen) atoms. The van der Waals surface area contributed by atoms with Gasteiger partial charge in [-0.25, -0.2) is 4.68 Å². The lowest BCUT2D eigenvalue weighted by Crippen LogP contribution is -2.08. The van der Waals surface area contributed by atoms with Crippen molar-refractivity contribution in [3.05, 3.63) is 101 Å². The van der Waals surface area contributed by atoms with Gasteiger partial charge in [0.15, 0.2) is 5.78 Å². The summed E-state index contributed by atoms with van der Waals surface area (Å²) >= 11 is 6.19. The third kappa shape index (κ3) is 5.26. The van der Waals surface area contributed by atoms with Gasteiger partial charge < -0.3 is 4.74 Å². The molecule has 0 amide bonds. The second kappa shape index (κ2) is 10.4. The number of hydrogen-bond acceptors (Lipinski definition) is 4. The molecule has 0 saturated carbocycles. The Labute approximate surface area is 211 Å². The molecule has 2 heterocycles. The highest BCUT2D eigenvalue weighted by molar-refractivity contribution is 7.88. The van der Waals surface area contributed by atoms with Gasteiger partial charge in [-0.3, -0.25) is 4.79 Å². The van der Waals surface area contributed by atoms with Crippen molar-refractivity contribution in [2.45, 2.75) is 5.92 Å². The number of methoxy groups -OCH3 is 1. The summed E-state index contributed by atoms with van der Waals surface area (Å²) in [6, 6.07) is 25.1. The van der Waals surface area contributed by atoms with Gasteiger partial charge in [0.25, 0.3) is 0 Å². The van der Waals surface area contributed by atoms with Crippen LogP contribution in [0.4, 0.5) is 0 Å². The van der Waals surface area contributed by atoms with Gasteiger partial charge >= 0.3 is 0 Å². The molecular formula is C27H23ClN4O2S. The Hall–Kier alpha value is -3.55. The topological polar surface area (TPSA) is 68.8 Å². The fourth-order valence-electron chi connectivity index (χ4n) is 4.00. The number of hydrogen-bond donors (Lipinski definition) is 0. The van der Waals surface area contributed by atoms with E-state index in [0.717, 1.165) is 33.8 Å². The number of benzene rings is 3. The molecule has 5 rings (SSSR count). The van der Waals surface area contributed by atoms with Crippen molar-refractivity contribution in [1.29, 1.82) is 0 Å². The minimum atomic E-state index is -0.433. The van der Waals surface area contributed by atoms with Crippen LogP contribution in [0.2, 0.25) is 5.02 Å². The first kappa shape index (κ1) is 23.2. The first-order valence-electron chi connectivity index (χ1n) is 11.1. The molecule has 0 aliphatic carbocycles. The summed E-state index contributed by atoms with van der Waals surface area (Å²) in [6.45, 7) is 0. The summed E-state index contributed by atoms with van der Waals surface area (Å²) in [5.74, 6) is 2.04. The van der Waals surface area contributed by atoms with Crippen LogP contribution in [0.15, 0.2) is 94.6 Å². The number of halogens is 1. The summed E-state index contributed by atoms with van der Waals surface area (Å²) in [4.78, 5) is 12.6. The number of nitrogens with zero attached hydrogens (tertiary/aromatic N) is 4. The van der Waals surface area contributed by atoms with Crippen LogP contribution in [0.5, 0.6) is 5.75 Å². The number of aromatic nitrogens is 2. The van der Waals surface area contributed by atoms with Crippen LogP contribution < -0.4 is 4.74 Å². The van der Waals surface area contributed by atoms with Crippen molar-refractivity contribution in [3.63, 3.8) is 0 Å². The molecule has 1 aliphatic heterocycles. The molecule has 4 aromatic rings. The standard InChI is InChI=1S/C27H23ClN4O2S/c1-34-24-12-10-20(11-13-24)27-21(16-32(30-27)23-9-5-8-22(28)14-23)15-29-31-35-17-25(26(33)18-35)19-6-3-2-4-7-19/h2-16,25H,17-18H2,1H3/b29-15+. The number of rotatable bonds is 6. The molecule has 0 radical (unpaired) electrons. The Morgan fingerprint density at radius 3 is 2.63 bits per heavy atom. The highest BCUT2D eigenvalue weighted by Crippen LogP contribution is 2.27. The van der Waals surface area contributed by atoms with Gasteiger partial charge in [0, 0.05) is 28.1 Å². The second-order valence-corrected chi connectivity index (χ2v) is 10.3. The van der Waals surface area contributed by atoms with Crippen LogP contribution in [0.25, 0.3) is 16.9 Å². The van der Waals surface area contributed by atoms with Gasteiger partial charge in [0.2, 0.25) is 0 Å². The van der Waals surface area contributed by atoms with Gasteiger partial charge in [-0.2, -0.15) is 10.2 Å². The van der Waals surface area contributed by atoms with Crippen LogP contribution in [0.3, 0.4) is 0 Å². The van der Waals surface area contributed by atoms with Gasteiger partial charge in [-0.05, 0) is 48.0 Å². The number of carbonyl (C=O) groups is 1. The molecular weight excluding hydrogens is 480 g/mol. The molecule has 6 nitrogen and oxygen atoms in total. The van der Waals surface area contributed by atoms with E-state index >= 15 is 0 Å². The Balaban J connectivity index is 1.44. The minimum absolute atomic E-state index is 0.0982. The number of ketones is 1. The van der Waals surface area contributed by atoms with Gasteiger partial charge in [-0.1, -0.05) is 58.7 Å². The van der Waals surface area contributed by atoms with Crippen molar-refractivity contribution >= 4 is 34.3 Å². The Morgan fingerprint density at radius 1 is 1.09 bits per heavy atom. The quantitative estimate of drug-likeness (QED) is 0.251. The van der Waals surface area contributed by atoms with Gasteiger partial charge in [0.1, 0.15) is 11.4 Å². The van der Waals surface area contributed by atoms with Crippen molar-refractivity contribution in [2.75, 3.05) is 18.6 Å². The maximum Gasteiger partial charge on any atom is 0.152 e. The fourth-order valence-corrected chi connectivity index (χ4v) is 5.90. The minimum Gasteiger partial charge on any atom is -0.497 e. The van der Waals surface area contributed by atoms with E-state index < -0.39 is 10.7 Å². The maximum absolute atomic E-state index is 12.6. The Bertz CT molecular complexity index is 1410. The van der Waals surface area contributed by atoms with Crippen LogP contribution in [-0.2, 0) is 15.5 Å². The Kier molecular flexibility index (Phi) is 6.88. The number of ether oxygens (including phenoxy) is 1. The van der Waals surface area contributed by atoms with E-state index in [1.807, 2.05) is 85.1 Å². The van der Waals surface area contributed by atoms with Crippen LogP contribution in [0.1, 0.15) is 17.0 Å². The zero-order valence-corrected chi connectivity index (χ0v) is 20.6. The summed E-state index contributed by atoms with van der Waals surface area (Å²) in [5.41, 5.74) is 4.40. The summed E-state index contributed by atoms with van der Waals surface area (Å²) in [5, 5.41) is 9.81. The molecule has 1 aliphatic rings. The van der Waals surface area contributed by atoms with Crippen LogP contribution >= 0.6 is 11.6 Å². The highest BCUT2D eigenvalue weighted by Gasteiger charge is 2.30. The molecule has 0 N–H and O–H groups in total. The van der Waals surface area contributed by atoms with Gasteiger partial charge in [-0.15, -0.1) is 4.47 Å². The van der Waals surface area contributed by atoms with E-state index in [9.17, 15) is 4.79 Å². The lowest BCUT2D eigenvalue weighted by molar-refractivity contribution is -0.117. The van der Waals surface area contributed by atoms with E-state index in [2.05, 4.69) is 9.57 Å². The average molecular weight is 503 g/mol. The summed E-state index contributed by atoms with van der Waals surface area (Å²) in [7, 11) is 1.21. The van der Waals surface area contributed by atoms with Crippen molar-refractivity contribution < 1.29 is 9.53 Å².